The molecule has 1 aromatic carbocycles. The van der Waals surface area contributed by atoms with E-state index in [1.807, 2.05) is 0 Å². The molecule has 1 heterocycles. The molecule has 17 heavy (non-hydrogen) atoms. The van der Waals surface area contributed by atoms with Crippen LogP contribution >= 0.6 is 0 Å². The highest BCUT2D eigenvalue weighted by atomic mass is 16.5. The Morgan fingerprint density at radius 1 is 1.18 bits per heavy atom. The molecule has 1 atom stereocenters. The van der Waals surface area contributed by atoms with Gasteiger partial charge in [0.2, 0.25) is 0 Å². The zero-order chi connectivity index (χ0) is 11.9. The molecule has 1 aromatic rings. The molecular formula is C14H22N2O. The first kappa shape index (κ1) is 12.6. The number of hydrogen-bond donors (Lipinski definition) is 1. The van der Waals surface area contributed by atoms with Crippen LogP contribution in [0, 0.1) is 0 Å². The molecule has 1 fully saturated rings. The van der Waals surface area contributed by atoms with Gasteiger partial charge in [-0.2, -0.15) is 0 Å². The molecule has 3 nitrogen and oxygen atoms in total. The summed E-state index contributed by atoms with van der Waals surface area (Å²) in [6, 6.07) is 10.6. The number of benzene rings is 1. The first-order chi connectivity index (χ1) is 8.40. The molecule has 0 bridgehead atoms. The van der Waals surface area contributed by atoms with E-state index in [4.69, 9.17) is 10.5 Å². The van der Waals surface area contributed by atoms with Crippen molar-refractivity contribution in [1.82, 2.24) is 4.90 Å². The first-order valence-electron chi connectivity index (χ1n) is 6.45. The molecule has 0 aromatic heterocycles. The highest BCUT2D eigenvalue weighted by Gasteiger charge is 2.16. The van der Waals surface area contributed by atoms with Crippen molar-refractivity contribution in [2.45, 2.75) is 12.3 Å². The normalized spacial score (nSPS) is 19.8. The number of hydrogen-bond acceptors (Lipinski definition) is 3. The number of rotatable bonds is 4. The zero-order valence-corrected chi connectivity index (χ0v) is 10.3. The highest BCUT2D eigenvalue weighted by Crippen LogP contribution is 2.16. The fourth-order valence-corrected chi connectivity index (χ4v) is 2.33. The predicted octanol–water partition coefficient (Wildman–Crippen LogP) is 1.45. The minimum atomic E-state index is 0.439. The molecule has 2 N–H and O–H groups in total. The molecule has 0 spiro atoms. The fourth-order valence-electron chi connectivity index (χ4n) is 2.33. The summed E-state index contributed by atoms with van der Waals surface area (Å²) in [6.07, 6.45) is 1.13. The van der Waals surface area contributed by atoms with E-state index in [1.54, 1.807) is 0 Å². The molecule has 1 saturated heterocycles. The van der Waals surface area contributed by atoms with Gasteiger partial charge in [-0.15, -0.1) is 0 Å². The topological polar surface area (TPSA) is 38.5 Å². The van der Waals surface area contributed by atoms with Gasteiger partial charge >= 0.3 is 0 Å². The summed E-state index contributed by atoms with van der Waals surface area (Å²) in [4.78, 5) is 2.47. The Hall–Kier alpha value is -0.900. The third-order valence-electron chi connectivity index (χ3n) is 3.35. The van der Waals surface area contributed by atoms with Crippen LogP contribution in [0.3, 0.4) is 0 Å². The van der Waals surface area contributed by atoms with E-state index in [1.165, 1.54) is 5.56 Å². The van der Waals surface area contributed by atoms with Crippen molar-refractivity contribution in [2.75, 3.05) is 39.4 Å². The molecular weight excluding hydrogens is 212 g/mol. The molecule has 1 unspecified atom stereocenters. The van der Waals surface area contributed by atoms with Crippen molar-refractivity contribution >= 4 is 0 Å². The van der Waals surface area contributed by atoms with Crippen molar-refractivity contribution in [3.8, 4) is 0 Å². The third-order valence-corrected chi connectivity index (χ3v) is 3.35. The van der Waals surface area contributed by atoms with Gasteiger partial charge in [0.05, 0.1) is 6.61 Å². The molecule has 0 saturated carbocycles. The standard InChI is InChI=1S/C14H22N2O/c15-11-14(13-5-2-1-3-6-13)12-16-7-4-9-17-10-8-16/h1-3,5-6,14H,4,7-12,15H2. The van der Waals surface area contributed by atoms with Crippen LogP contribution in [0.4, 0.5) is 0 Å². The van der Waals surface area contributed by atoms with Gasteiger partial charge in [0.15, 0.2) is 0 Å². The number of nitrogens with two attached hydrogens (primary N) is 1. The summed E-state index contributed by atoms with van der Waals surface area (Å²) in [5, 5.41) is 0. The molecule has 94 valence electrons. The van der Waals surface area contributed by atoms with E-state index in [2.05, 4.69) is 35.2 Å². The third kappa shape index (κ3) is 3.80. The summed E-state index contributed by atoms with van der Waals surface area (Å²) in [5.74, 6) is 0.439. The quantitative estimate of drug-likeness (QED) is 0.857. The second-order valence-corrected chi connectivity index (χ2v) is 4.61. The number of nitrogens with zero attached hydrogens (tertiary/aromatic N) is 1. The van der Waals surface area contributed by atoms with Crippen LogP contribution in [-0.2, 0) is 4.74 Å². The molecule has 2 rings (SSSR count). The summed E-state index contributed by atoms with van der Waals surface area (Å²) in [5.41, 5.74) is 7.25. The van der Waals surface area contributed by atoms with Gasteiger partial charge in [-0.1, -0.05) is 30.3 Å². The Labute approximate surface area is 104 Å². The van der Waals surface area contributed by atoms with Gasteiger partial charge in [-0.25, -0.2) is 0 Å². The maximum atomic E-state index is 5.90. The Bertz CT molecular complexity index is 307. The van der Waals surface area contributed by atoms with Crippen LogP contribution < -0.4 is 5.73 Å². The Morgan fingerprint density at radius 3 is 2.76 bits per heavy atom. The maximum Gasteiger partial charge on any atom is 0.0593 e. The van der Waals surface area contributed by atoms with Crippen molar-refractivity contribution < 1.29 is 4.74 Å². The van der Waals surface area contributed by atoms with Crippen LogP contribution in [0.25, 0.3) is 0 Å². The SMILES string of the molecule is NCC(CN1CCCOCC1)c1ccccc1. The Kier molecular flexibility index (Phi) is 4.98. The second kappa shape index (κ2) is 6.74. The van der Waals surface area contributed by atoms with Crippen LogP contribution in [-0.4, -0.2) is 44.3 Å². The van der Waals surface area contributed by atoms with Crippen LogP contribution in [0.5, 0.6) is 0 Å². The van der Waals surface area contributed by atoms with Crippen molar-refractivity contribution in [3.05, 3.63) is 35.9 Å². The van der Waals surface area contributed by atoms with Crippen LogP contribution in [0.1, 0.15) is 17.9 Å². The van der Waals surface area contributed by atoms with E-state index >= 15 is 0 Å². The van der Waals surface area contributed by atoms with E-state index in [-0.39, 0.29) is 0 Å². The minimum absolute atomic E-state index is 0.439. The molecule has 0 amide bonds. The Morgan fingerprint density at radius 2 is 2.00 bits per heavy atom. The van der Waals surface area contributed by atoms with Crippen molar-refractivity contribution in [1.29, 1.82) is 0 Å². The molecule has 1 aliphatic rings. The van der Waals surface area contributed by atoms with E-state index in [0.717, 1.165) is 39.3 Å². The van der Waals surface area contributed by atoms with Gasteiger partial charge in [-0.3, -0.25) is 0 Å². The lowest BCUT2D eigenvalue weighted by Crippen LogP contribution is -2.33. The average molecular weight is 234 g/mol. The average Bonchev–Trinajstić information content (AvgIpc) is 2.65. The smallest absolute Gasteiger partial charge is 0.0593 e. The van der Waals surface area contributed by atoms with Gasteiger partial charge in [0.1, 0.15) is 0 Å². The summed E-state index contributed by atoms with van der Waals surface area (Å²) in [7, 11) is 0. The lowest BCUT2D eigenvalue weighted by molar-refractivity contribution is 0.140. The lowest BCUT2D eigenvalue weighted by atomic mass is 9.98. The largest absolute Gasteiger partial charge is 0.380 e. The summed E-state index contributed by atoms with van der Waals surface area (Å²) in [6.45, 7) is 5.67. The lowest BCUT2D eigenvalue weighted by Gasteiger charge is -2.25. The zero-order valence-electron chi connectivity index (χ0n) is 10.3. The van der Waals surface area contributed by atoms with Gasteiger partial charge in [0, 0.05) is 38.7 Å². The summed E-state index contributed by atoms with van der Waals surface area (Å²) < 4.78 is 5.47. The fraction of sp³-hybridized carbons (Fsp3) is 0.571. The Balaban J connectivity index is 1.94. The van der Waals surface area contributed by atoms with E-state index in [0.29, 0.717) is 12.5 Å². The monoisotopic (exact) mass is 234 g/mol. The second-order valence-electron chi connectivity index (χ2n) is 4.61. The predicted molar refractivity (Wildman–Crippen MR) is 70.1 cm³/mol. The summed E-state index contributed by atoms with van der Waals surface area (Å²) >= 11 is 0. The van der Waals surface area contributed by atoms with E-state index in [9.17, 15) is 0 Å². The van der Waals surface area contributed by atoms with Gasteiger partial charge < -0.3 is 15.4 Å². The van der Waals surface area contributed by atoms with Gasteiger partial charge in [0.25, 0.3) is 0 Å². The minimum Gasteiger partial charge on any atom is -0.380 e. The van der Waals surface area contributed by atoms with Crippen molar-refractivity contribution in [2.24, 2.45) is 5.73 Å². The van der Waals surface area contributed by atoms with Gasteiger partial charge in [-0.05, 0) is 12.0 Å². The highest BCUT2D eigenvalue weighted by molar-refractivity contribution is 5.20. The number of ether oxygens (including phenoxy) is 1. The van der Waals surface area contributed by atoms with E-state index < -0.39 is 0 Å². The molecule has 1 aliphatic heterocycles. The maximum absolute atomic E-state index is 5.90. The van der Waals surface area contributed by atoms with Crippen LogP contribution in [0.2, 0.25) is 0 Å². The molecule has 0 aliphatic carbocycles. The molecule has 0 radical (unpaired) electrons. The van der Waals surface area contributed by atoms with Crippen molar-refractivity contribution in [3.63, 3.8) is 0 Å². The van der Waals surface area contributed by atoms with Crippen LogP contribution in [0.15, 0.2) is 30.3 Å². The molecule has 3 heteroatoms. The first-order valence-corrected chi connectivity index (χ1v) is 6.45.